The molecule has 1 unspecified atom stereocenters. The first-order valence-electron chi connectivity index (χ1n) is 20.4. The van der Waals surface area contributed by atoms with Gasteiger partial charge in [0.2, 0.25) is 0 Å². The smallest absolute Gasteiger partial charge is 0.256 e. The van der Waals surface area contributed by atoms with Crippen molar-refractivity contribution in [2.75, 3.05) is 34.0 Å². The molecule has 3 atom stereocenters. The summed E-state index contributed by atoms with van der Waals surface area (Å²) in [5.41, 5.74) is 4.38. The largest absolute Gasteiger partial charge is 0.493 e. The number of benzene rings is 4. The van der Waals surface area contributed by atoms with Crippen LogP contribution in [0.25, 0.3) is 0 Å². The number of ketones is 2. The van der Waals surface area contributed by atoms with E-state index in [4.69, 9.17) is 38.4 Å². The molecule has 8 rings (SSSR count). The molecule has 12 heteroatoms. The molecular formula is C47H49N3O9. The predicted octanol–water partition coefficient (Wildman–Crippen LogP) is 8.94. The van der Waals surface area contributed by atoms with Gasteiger partial charge in [0.25, 0.3) is 5.91 Å². The number of carbonyl (C=O) groups is 3. The summed E-state index contributed by atoms with van der Waals surface area (Å²) in [6.45, 7) is 3.04. The van der Waals surface area contributed by atoms with Gasteiger partial charge in [-0.15, -0.1) is 0 Å². The Hall–Kier alpha value is -6.17. The fraction of sp³-hybridized carbons (Fsp3) is 0.383. The zero-order valence-corrected chi connectivity index (χ0v) is 33.7. The Morgan fingerprint density at radius 3 is 1.95 bits per heavy atom. The minimum atomic E-state index is -0.0606. The third kappa shape index (κ3) is 8.81. The Balaban J connectivity index is 1.02. The van der Waals surface area contributed by atoms with Crippen molar-refractivity contribution < 1.29 is 42.8 Å². The third-order valence-corrected chi connectivity index (χ3v) is 11.5. The van der Waals surface area contributed by atoms with Crippen LogP contribution in [0.2, 0.25) is 0 Å². The standard InChI is InChI=1S/C47H49N3O9/c1-29(51)32-11-13-35(14-12-32)56-16-17-57-36-19-30(27-58-44-23-40-38(21-42(44)54-2)46(52)37-10-5-4-8-33(37)25-48-40)18-31(20-36)28-59-45-24-41-39(22-43(45)55-3)47(53)50-15-7-6-9-34(50)26-49-41/h11-14,18-26,33-34,37H,4-10,15-17,27-28H2,1-3H3/t33-,34-,37?/m0/s1. The number of methoxy groups -OCH3 is 2. The second kappa shape index (κ2) is 17.8. The van der Waals surface area contributed by atoms with Crippen molar-refractivity contribution in [2.45, 2.75) is 71.1 Å². The quantitative estimate of drug-likeness (QED) is 0.0905. The highest BCUT2D eigenvalue weighted by Gasteiger charge is 2.35. The van der Waals surface area contributed by atoms with E-state index in [0.717, 1.165) is 56.1 Å². The number of hydrogen-bond donors (Lipinski definition) is 0. The van der Waals surface area contributed by atoms with Crippen molar-refractivity contribution in [3.05, 3.63) is 94.5 Å². The number of nitrogens with zero attached hydrogens (tertiary/aromatic N) is 3. The molecule has 4 aromatic rings. The zero-order valence-electron chi connectivity index (χ0n) is 33.7. The van der Waals surface area contributed by atoms with E-state index in [0.29, 0.717) is 69.1 Å². The number of piperidine rings is 1. The van der Waals surface area contributed by atoms with Crippen molar-refractivity contribution in [1.82, 2.24) is 4.90 Å². The Morgan fingerprint density at radius 2 is 1.27 bits per heavy atom. The van der Waals surface area contributed by atoms with Crippen LogP contribution in [0, 0.1) is 11.8 Å². The first-order valence-corrected chi connectivity index (χ1v) is 20.4. The van der Waals surface area contributed by atoms with Crippen LogP contribution in [0.1, 0.15) is 94.1 Å². The van der Waals surface area contributed by atoms with Crippen LogP contribution in [-0.4, -0.2) is 74.8 Å². The number of rotatable bonds is 14. The molecule has 59 heavy (non-hydrogen) atoms. The van der Waals surface area contributed by atoms with E-state index in [1.165, 1.54) is 6.92 Å². The summed E-state index contributed by atoms with van der Waals surface area (Å²) in [6, 6.07) is 19.7. The lowest BCUT2D eigenvalue weighted by atomic mass is 9.76. The monoisotopic (exact) mass is 799 g/mol. The Labute approximate surface area is 344 Å². The van der Waals surface area contributed by atoms with Gasteiger partial charge in [0.1, 0.15) is 37.9 Å². The van der Waals surface area contributed by atoms with Gasteiger partial charge in [0, 0.05) is 54.1 Å². The molecule has 1 aliphatic carbocycles. The van der Waals surface area contributed by atoms with Gasteiger partial charge in [-0.05, 0) is 105 Å². The maximum atomic E-state index is 13.6. The fourth-order valence-electron chi connectivity index (χ4n) is 8.36. The molecule has 1 saturated heterocycles. The van der Waals surface area contributed by atoms with Crippen molar-refractivity contribution >= 4 is 41.3 Å². The van der Waals surface area contributed by atoms with Gasteiger partial charge in [0.05, 0.1) is 37.2 Å². The van der Waals surface area contributed by atoms with Crippen molar-refractivity contribution in [3.63, 3.8) is 0 Å². The molecular weight excluding hydrogens is 751 g/mol. The molecule has 4 aromatic carbocycles. The molecule has 306 valence electrons. The van der Waals surface area contributed by atoms with E-state index in [9.17, 15) is 14.4 Å². The van der Waals surface area contributed by atoms with E-state index < -0.39 is 0 Å². The third-order valence-electron chi connectivity index (χ3n) is 11.5. The van der Waals surface area contributed by atoms with E-state index >= 15 is 0 Å². The summed E-state index contributed by atoms with van der Waals surface area (Å²) >= 11 is 0. The van der Waals surface area contributed by atoms with Crippen molar-refractivity contribution in [1.29, 1.82) is 0 Å². The summed E-state index contributed by atoms with van der Waals surface area (Å²) in [6.07, 6.45) is 10.7. The molecule has 1 saturated carbocycles. The fourth-order valence-corrected chi connectivity index (χ4v) is 8.36. The SMILES string of the molecule is COc1cc2c(cc1OCc1cc(COc3cc4c(cc3OC)C(=O)N3CCCC[C@H]3C=N4)cc(OCCOc3ccc(C(C)=O)cc3)c1)N=C[C@@H]1CCCCC1C2=O. The van der Waals surface area contributed by atoms with E-state index in [-0.39, 0.29) is 61.8 Å². The minimum Gasteiger partial charge on any atom is -0.493 e. The van der Waals surface area contributed by atoms with E-state index in [1.807, 2.05) is 35.5 Å². The predicted molar refractivity (Wildman–Crippen MR) is 223 cm³/mol. The van der Waals surface area contributed by atoms with Crippen LogP contribution in [0.5, 0.6) is 34.5 Å². The molecule has 0 aromatic heterocycles. The van der Waals surface area contributed by atoms with Crippen molar-refractivity contribution in [3.8, 4) is 34.5 Å². The number of ether oxygens (including phenoxy) is 6. The minimum absolute atomic E-state index is 0.00936. The van der Waals surface area contributed by atoms with Crippen LogP contribution in [0.4, 0.5) is 11.4 Å². The average molecular weight is 800 g/mol. The lowest BCUT2D eigenvalue weighted by Gasteiger charge is -2.32. The Kier molecular flexibility index (Phi) is 11.9. The number of hydrogen-bond acceptors (Lipinski definition) is 11. The Morgan fingerprint density at radius 1 is 0.661 bits per heavy atom. The molecule has 3 aliphatic heterocycles. The number of aliphatic imine (C=N–C) groups is 2. The molecule has 2 fully saturated rings. The summed E-state index contributed by atoms with van der Waals surface area (Å²) in [5, 5.41) is 0. The molecule has 12 nitrogen and oxygen atoms in total. The highest BCUT2D eigenvalue weighted by molar-refractivity contribution is 6.06. The van der Waals surface area contributed by atoms with Crippen LogP contribution < -0.4 is 28.4 Å². The molecule has 0 radical (unpaired) electrons. The van der Waals surface area contributed by atoms with Gasteiger partial charge in [-0.25, -0.2) is 0 Å². The summed E-state index contributed by atoms with van der Waals surface area (Å²) in [7, 11) is 3.12. The van der Waals surface area contributed by atoms with Crippen LogP contribution in [0.15, 0.2) is 76.7 Å². The topological polar surface area (TPSA) is 135 Å². The zero-order chi connectivity index (χ0) is 40.9. The highest BCUT2D eigenvalue weighted by atomic mass is 16.5. The molecule has 0 spiro atoms. The first kappa shape index (κ1) is 39.6. The summed E-state index contributed by atoms with van der Waals surface area (Å²) in [4.78, 5) is 50.2. The number of Topliss-reactive ketones (excluding diaryl/α,β-unsaturated/α-hetero) is 2. The van der Waals surface area contributed by atoms with Crippen LogP contribution in [0.3, 0.4) is 0 Å². The molecule has 1 amide bonds. The second-order valence-electron chi connectivity index (χ2n) is 15.4. The molecule has 4 aliphatic rings. The average Bonchev–Trinajstić information content (AvgIpc) is 3.49. The van der Waals surface area contributed by atoms with E-state index in [1.54, 1.807) is 62.8 Å². The molecule has 3 heterocycles. The highest BCUT2D eigenvalue weighted by Crippen LogP contribution is 2.42. The normalized spacial score (nSPS) is 19.3. The van der Waals surface area contributed by atoms with Gasteiger partial charge in [-0.1, -0.05) is 12.8 Å². The number of carbonyl (C=O) groups excluding carboxylic acids is 3. The number of amides is 1. The van der Waals surface area contributed by atoms with Crippen LogP contribution >= 0.6 is 0 Å². The maximum absolute atomic E-state index is 13.6. The lowest BCUT2D eigenvalue weighted by molar-refractivity contribution is 0.0687. The van der Waals surface area contributed by atoms with Gasteiger partial charge in [-0.3, -0.25) is 24.4 Å². The molecule has 0 N–H and O–H groups in total. The van der Waals surface area contributed by atoms with Gasteiger partial charge >= 0.3 is 0 Å². The number of fused-ring (bicyclic) bond motifs is 4. The van der Waals surface area contributed by atoms with Crippen LogP contribution in [-0.2, 0) is 13.2 Å². The van der Waals surface area contributed by atoms with Crippen molar-refractivity contribution in [2.24, 2.45) is 21.8 Å². The lowest BCUT2D eigenvalue weighted by Crippen LogP contribution is -2.43. The second-order valence-corrected chi connectivity index (χ2v) is 15.4. The first-order chi connectivity index (χ1) is 28.8. The summed E-state index contributed by atoms with van der Waals surface area (Å²) in [5.74, 6) is 3.15. The maximum Gasteiger partial charge on any atom is 0.256 e. The van der Waals surface area contributed by atoms with Gasteiger partial charge in [0.15, 0.2) is 34.6 Å². The summed E-state index contributed by atoms with van der Waals surface area (Å²) < 4.78 is 36.3. The Bertz CT molecular complexity index is 2160. The van der Waals surface area contributed by atoms with Gasteiger partial charge < -0.3 is 33.3 Å². The molecule has 0 bridgehead atoms. The van der Waals surface area contributed by atoms with E-state index in [2.05, 4.69) is 0 Å². The van der Waals surface area contributed by atoms with Gasteiger partial charge in [-0.2, -0.15) is 0 Å².